The largest absolute Gasteiger partial charge is 0.459 e. The molecule has 0 radical (unpaired) electrons. The average Bonchev–Trinajstić information content (AvgIpc) is 2.62. The first kappa shape index (κ1) is 12.7. The van der Waals surface area contributed by atoms with Gasteiger partial charge in [-0.1, -0.05) is 31.0 Å². The number of hydrogen-bond acceptors (Lipinski definition) is 3. The Labute approximate surface area is 114 Å². The van der Waals surface area contributed by atoms with E-state index in [1.54, 1.807) is 0 Å². The topological polar surface area (TPSA) is 42.4 Å². The monoisotopic (exact) mass is 258 g/mol. The van der Waals surface area contributed by atoms with Gasteiger partial charge in [-0.3, -0.25) is 4.90 Å². The minimum Gasteiger partial charge on any atom is -0.459 e. The molecule has 0 bridgehead atoms. The molecule has 0 spiro atoms. The summed E-state index contributed by atoms with van der Waals surface area (Å²) in [4.78, 5) is 2.55. The van der Waals surface area contributed by atoms with Gasteiger partial charge in [-0.25, -0.2) is 0 Å². The maximum absolute atomic E-state index is 5.87. The number of furan rings is 1. The summed E-state index contributed by atoms with van der Waals surface area (Å²) < 4.78 is 5.87. The summed E-state index contributed by atoms with van der Waals surface area (Å²) in [6.07, 6.45) is 5.36. The lowest BCUT2D eigenvalue weighted by Crippen LogP contribution is -2.24. The van der Waals surface area contributed by atoms with E-state index >= 15 is 0 Å². The molecule has 19 heavy (non-hydrogen) atoms. The number of rotatable bonds is 3. The Morgan fingerprint density at radius 2 is 1.79 bits per heavy atom. The van der Waals surface area contributed by atoms with E-state index in [-0.39, 0.29) is 0 Å². The maximum Gasteiger partial charge on any atom is 0.134 e. The van der Waals surface area contributed by atoms with E-state index in [4.69, 9.17) is 10.2 Å². The van der Waals surface area contributed by atoms with Crippen molar-refractivity contribution in [1.29, 1.82) is 0 Å². The molecule has 1 saturated heterocycles. The van der Waals surface area contributed by atoms with E-state index in [1.165, 1.54) is 49.7 Å². The first-order valence-corrected chi connectivity index (χ1v) is 7.30. The van der Waals surface area contributed by atoms with Gasteiger partial charge in [0.2, 0.25) is 0 Å². The Morgan fingerprint density at radius 1 is 1.05 bits per heavy atom. The van der Waals surface area contributed by atoms with Gasteiger partial charge in [0.05, 0.1) is 6.54 Å². The van der Waals surface area contributed by atoms with Crippen LogP contribution in [-0.2, 0) is 13.1 Å². The molecular formula is C16H22N2O. The molecule has 3 rings (SSSR count). The van der Waals surface area contributed by atoms with Crippen molar-refractivity contribution in [3.05, 3.63) is 35.6 Å². The molecular weight excluding hydrogens is 236 g/mol. The van der Waals surface area contributed by atoms with Gasteiger partial charge >= 0.3 is 0 Å². The predicted molar refractivity (Wildman–Crippen MR) is 77.9 cm³/mol. The lowest BCUT2D eigenvalue weighted by Gasteiger charge is -2.19. The van der Waals surface area contributed by atoms with E-state index in [9.17, 15) is 0 Å². The third-order valence-corrected chi connectivity index (χ3v) is 4.05. The highest BCUT2D eigenvalue weighted by molar-refractivity contribution is 5.82. The first-order valence-electron chi connectivity index (χ1n) is 7.30. The van der Waals surface area contributed by atoms with Crippen LogP contribution in [-0.4, -0.2) is 18.0 Å². The summed E-state index contributed by atoms with van der Waals surface area (Å²) in [5, 5.41) is 1.23. The van der Waals surface area contributed by atoms with E-state index in [0.29, 0.717) is 6.54 Å². The lowest BCUT2D eigenvalue weighted by atomic mass is 10.1. The fraction of sp³-hybridized carbons (Fsp3) is 0.500. The zero-order valence-corrected chi connectivity index (χ0v) is 11.4. The second-order valence-corrected chi connectivity index (χ2v) is 5.39. The van der Waals surface area contributed by atoms with Crippen LogP contribution in [0.1, 0.15) is 37.0 Å². The van der Waals surface area contributed by atoms with Crippen LogP contribution in [0, 0.1) is 0 Å². The molecule has 0 saturated carbocycles. The van der Waals surface area contributed by atoms with Crippen LogP contribution in [0.5, 0.6) is 0 Å². The van der Waals surface area contributed by atoms with Crippen molar-refractivity contribution >= 4 is 11.0 Å². The van der Waals surface area contributed by atoms with Crippen molar-refractivity contribution in [1.82, 2.24) is 4.90 Å². The van der Waals surface area contributed by atoms with E-state index in [2.05, 4.69) is 17.0 Å². The molecule has 0 aliphatic carbocycles. The number of likely N-dealkylation sites (tertiary alicyclic amines) is 1. The lowest BCUT2D eigenvalue weighted by molar-refractivity contribution is 0.275. The van der Waals surface area contributed by atoms with Gasteiger partial charge in [-0.2, -0.15) is 0 Å². The molecule has 1 aromatic heterocycles. The molecule has 102 valence electrons. The maximum atomic E-state index is 5.87. The summed E-state index contributed by atoms with van der Waals surface area (Å²) in [7, 11) is 0. The minimum atomic E-state index is 0.484. The summed E-state index contributed by atoms with van der Waals surface area (Å²) in [6.45, 7) is 3.86. The van der Waals surface area contributed by atoms with Gasteiger partial charge in [0, 0.05) is 17.5 Å². The number of hydrogen-bond donors (Lipinski definition) is 1. The molecule has 0 unspecified atom stereocenters. The second-order valence-electron chi connectivity index (χ2n) is 5.39. The highest BCUT2D eigenvalue weighted by atomic mass is 16.3. The standard InChI is InChI=1S/C16H22N2O/c17-11-16-14(12-18-9-5-1-2-6-10-18)13-7-3-4-8-15(13)19-16/h3-4,7-8H,1-2,5-6,9-12,17H2. The first-order chi connectivity index (χ1) is 9.38. The Hall–Kier alpha value is -1.32. The van der Waals surface area contributed by atoms with Gasteiger partial charge in [0.1, 0.15) is 11.3 Å². The zero-order chi connectivity index (χ0) is 13.1. The van der Waals surface area contributed by atoms with Crippen LogP contribution in [0.3, 0.4) is 0 Å². The quantitative estimate of drug-likeness (QED) is 0.918. The van der Waals surface area contributed by atoms with E-state index in [0.717, 1.165) is 17.9 Å². The van der Waals surface area contributed by atoms with Gasteiger partial charge in [0.25, 0.3) is 0 Å². The molecule has 3 nitrogen and oxygen atoms in total. The van der Waals surface area contributed by atoms with Gasteiger partial charge in [-0.15, -0.1) is 0 Å². The highest BCUT2D eigenvalue weighted by Gasteiger charge is 2.17. The van der Waals surface area contributed by atoms with Crippen LogP contribution >= 0.6 is 0 Å². The number of para-hydroxylation sites is 1. The fourth-order valence-electron chi connectivity index (χ4n) is 3.01. The minimum absolute atomic E-state index is 0.484. The van der Waals surface area contributed by atoms with Crippen LogP contribution in [0.2, 0.25) is 0 Å². The smallest absolute Gasteiger partial charge is 0.134 e. The molecule has 0 amide bonds. The molecule has 0 atom stereocenters. The molecule has 1 aliphatic rings. The molecule has 3 heteroatoms. The van der Waals surface area contributed by atoms with Crippen LogP contribution in [0.15, 0.2) is 28.7 Å². The summed E-state index contributed by atoms with van der Waals surface area (Å²) >= 11 is 0. The van der Waals surface area contributed by atoms with E-state index < -0.39 is 0 Å². The van der Waals surface area contributed by atoms with E-state index in [1.807, 2.05) is 12.1 Å². The summed E-state index contributed by atoms with van der Waals surface area (Å²) in [5.41, 5.74) is 8.10. The number of nitrogens with two attached hydrogens (primary N) is 1. The Balaban J connectivity index is 1.89. The second kappa shape index (κ2) is 5.76. The predicted octanol–water partition coefficient (Wildman–Crippen LogP) is 3.27. The van der Waals surface area contributed by atoms with Crippen LogP contribution < -0.4 is 5.73 Å². The SMILES string of the molecule is NCc1oc2ccccc2c1CN1CCCCCC1. The number of nitrogens with zero attached hydrogens (tertiary/aromatic N) is 1. The molecule has 1 fully saturated rings. The van der Waals surface area contributed by atoms with Crippen LogP contribution in [0.25, 0.3) is 11.0 Å². The van der Waals surface area contributed by atoms with Gasteiger partial charge in [0.15, 0.2) is 0 Å². The van der Waals surface area contributed by atoms with Crippen molar-refractivity contribution in [2.24, 2.45) is 5.73 Å². The van der Waals surface area contributed by atoms with Crippen molar-refractivity contribution in [2.75, 3.05) is 13.1 Å². The summed E-state index contributed by atoms with van der Waals surface area (Å²) in [5.74, 6) is 0.949. The number of fused-ring (bicyclic) bond motifs is 1. The Bertz CT molecular complexity index is 539. The average molecular weight is 258 g/mol. The molecule has 1 aromatic carbocycles. The van der Waals surface area contributed by atoms with Crippen molar-refractivity contribution in [3.8, 4) is 0 Å². The molecule has 2 heterocycles. The third-order valence-electron chi connectivity index (χ3n) is 4.05. The van der Waals surface area contributed by atoms with Crippen molar-refractivity contribution < 1.29 is 4.42 Å². The molecule has 2 aromatic rings. The van der Waals surface area contributed by atoms with Crippen LogP contribution in [0.4, 0.5) is 0 Å². The van der Waals surface area contributed by atoms with Gasteiger partial charge < -0.3 is 10.2 Å². The third kappa shape index (κ3) is 2.67. The molecule has 2 N–H and O–H groups in total. The van der Waals surface area contributed by atoms with Gasteiger partial charge in [-0.05, 0) is 32.0 Å². The summed E-state index contributed by atoms with van der Waals surface area (Å²) in [6, 6.07) is 8.26. The van der Waals surface area contributed by atoms with Crippen molar-refractivity contribution in [3.63, 3.8) is 0 Å². The Morgan fingerprint density at radius 3 is 2.53 bits per heavy atom. The molecule has 1 aliphatic heterocycles. The number of benzene rings is 1. The zero-order valence-electron chi connectivity index (χ0n) is 11.4. The normalized spacial score (nSPS) is 17.7. The Kier molecular flexibility index (Phi) is 3.85. The van der Waals surface area contributed by atoms with Crippen molar-refractivity contribution in [2.45, 2.75) is 38.8 Å². The highest BCUT2D eigenvalue weighted by Crippen LogP contribution is 2.27. The fourth-order valence-corrected chi connectivity index (χ4v) is 3.01.